The highest BCUT2D eigenvalue weighted by Crippen LogP contribution is 2.31. The van der Waals surface area contributed by atoms with Crippen LogP contribution in [0.15, 0.2) is 30.3 Å². The number of benzene rings is 1. The molecule has 1 aromatic carbocycles. The first-order valence-corrected chi connectivity index (χ1v) is 10.9. The van der Waals surface area contributed by atoms with E-state index in [0.717, 1.165) is 44.2 Å². The summed E-state index contributed by atoms with van der Waals surface area (Å²) in [7, 11) is 0. The van der Waals surface area contributed by atoms with Crippen molar-refractivity contribution in [3.8, 4) is 0 Å². The highest BCUT2D eigenvalue weighted by Gasteiger charge is 2.36. The number of hydrogen-bond acceptors (Lipinski definition) is 3. The molecular formula is C23H34N2O2. The highest BCUT2D eigenvalue weighted by atomic mass is 16.5. The predicted octanol–water partition coefficient (Wildman–Crippen LogP) is 3.36. The molecule has 0 unspecified atom stereocenters. The van der Waals surface area contributed by atoms with E-state index in [1.54, 1.807) is 0 Å². The van der Waals surface area contributed by atoms with E-state index in [2.05, 4.69) is 21.9 Å². The van der Waals surface area contributed by atoms with Crippen LogP contribution in [0.4, 0.5) is 0 Å². The minimum absolute atomic E-state index is 0.305. The first kappa shape index (κ1) is 18.9. The first-order valence-electron chi connectivity index (χ1n) is 10.9. The maximum atomic E-state index is 12.8. The Bertz CT molecular complexity index is 600. The topological polar surface area (TPSA) is 32.8 Å². The Kier molecular flexibility index (Phi) is 6.46. The Morgan fingerprint density at radius 2 is 1.81 bits per heavy atom. The van der Waals surface area contributed by atoms with Crippen molar-refractivity contribution in [3.05, 3.63) is 35.9 Å². The second-order valence-electron chi connectivity index (χ2n) is 8.66. The van der Waals surface area contributed by atoms with Crippen molar-refractivity contribution in [2.75, 3.05) is 39.4 Å². The van der Waals surface area contributed by atoms with E-state index in [1.807, 2.05) is 18.2 Å². The first-order chi connectivity index (χ1) is 13.3. The van der Waals surface area contributed by atoms with Gasteiger partial charge in [0.2, 0.25) is 5.91 Å². The maximum Gasteiger partial charge on any atom is 0.227 e. The molecule has 3 aliphatic rings. The van der Waals surface area contributed by atoms with Gasteiger partial charge in [0.05, 0.1) is 6.42 Å². The molecule has 0 N–H and O–H groups in total. The molecule has 0 bridgehead atoms. The quantitative estimate of drug-likeness (QED) is 0.815. The molecule has 148 valence electrons. The van der Waals surface area contributed by atoms with Crippen molar-refractivity contribution in [2.45, 2.75) is 51.0 Å². The second kappa shape index (κ2) is 9.20. The maximum absolute atomic E-state index is 12.8. The molecule has 3 saturated heterocycles. The zero-order valence-corrected chi connectivity index (χ0v) is 16.5. The lowest BCUT2D eigenvalue weighted by molar-refractivity contribution is -0.133. The number of hydrogen-bond donors (Lipinski definition) is 0. The van der Waals surface area contributed by atoms with Gasteiger partial charge in [0.1, 0.15) is 0 Å². The van der Waals surface area contributed by atoms with Crippen LogP contribution in [0, 0.1) is 11.8 Å². The highest BCUT2D eigenvalue weighted by molar-refractivity contribution is 5.78. The van der Waals surface area contributed by atoms with Crippen molar-refractivity contribution in [1.82, 2.24) is 9.80 Å². The van der Waals surface area contributed by atoms with E-state index in [9.17, 15) is 4.79 Å². The number of fused-ring (bicyclic) bond motifs is 1. The number of ether oxygens (including phenoxy) is 1. The molecule has 4 nitrogen and oxygen atoms in total. The molecule has 27 heavy (non-hydrogen) atoms. The Morgan fingerprint density at radius 1 is 1.00 bits per heavy atom. The molecule has 2 atom stereocenters. The van der Waals surface area contributed by atoms with Crippen LogP contribution in [-0.4, -0.2) is 61.1 Å². The summed E-state index contributed by atoms with van der Waals surface area (Å²) in [4.78, 5) is 17.8. The monoisotopic (exact) mass is 370 g/mol. The van der Waals surface area contributed by atoms with Crippen molar-refractivity contribution >= 4 is 5.91 Å². The minimum atomic E-state index is 0.305. The molecular weight excluding hydrogens is 336 g/mol. The van der Waals surface area contributed by atoms with E-state index in [1.165, 1.54) is 45.2 Å². The van der Waals surface area contributed by atoms with Gasteiger partial charge in [-0.05, 0) is 56.0 Å². The van der Waals surface area contributed by atoms with Crippen LogP contribution >= 0.6 is 0 Å². The van der Waals surface area contributed by atoms with Crippen LogP contribution in [-0.2, 0) is 16.0 Å². The van der Waals surface area contributed by atoms with Crippen LogP contribution in [0.5, 0.6) is 0 Å². The zero-order chi connectivity index (χ0) is 18.5. The van der Waals surface area contributed by atoms with Gasteiger partial charge in [-0.2, -0.15) is 0 Å². The Hall–Kier alpha value is -1.39. The van der Waals surface area contributed by atoms with Crippen molar-refractivity contribution < 1.29 is 9.53 Å². The Labute approximate surface area is 163 Å². The summed E-state index contributed by atoms with van der Waals surface area (Å²) in [5.74, 6) is 1.76. The van der Waals surface area contributed by atoms with E-state index < -0.39 is 0 Å². The lowest BCUT2D eigenvalue weighted by Gasteiger charge is -2.44. The van der Waals surface area contributed by atoms with Crippen LogP contribution < -0.4 is 0 Å². The Balaban J connectivity index is 1.35. The summed E-state index contributed by atoms with van der Waals surface area (Å²) in [6, 6.07) is 10.9. The average molecular weight is 371 g/mol. The van der Waals surface area contributed by atoms with Crippen molar-refractivity contribution in [3.63, 3.8) is 0 Å². The molecule has 0 spiro atoms. The molecule has 3 fully saturated rings. The third-order valence-corrected chi connectivity index (χ3v) is 6.82. The predicted molar refractivity (Wildman–Crippen MR) is 108 cm³/mol. The molecule has 0 aliphatic carbocycles. The molecule has 3 heterocycles. The van der Waals surface area contributed by atoms with Crippen LogP contribution in [0.25, 0.3) is 0 Å². The van der Waals surface area contributed by atoms with E-state index in [0.29, 0.717) is 24.3 Å². The van der Waals surface area contributed by atoms with Crippen LogP contribution in [0.2, 0.25) is 0 Å². The summed E-state index contributed by atoms with van der Waals surface area (Å²) in [6.45, 7) is 6.25. The summed E-state index contributed by atoms with van der Waals surface area (Å²) < 4.78 is 5.55. The normalized spacial score (nSPS) is 27.8. The Morgan fingerprint density at radius 3 is 2.63 bits per heavy atom. The molecule has 3 aliphatic heterocycles. The number of carbonyl (C=O) groups is 1. The van der Waals surface area contributed by atoms with Gasteiger partial charge < -0.3 is 9.64 Å². The number of amides is 1. The smallest absolute Gasteiger partial charge is 0.227 e. The largest absolute Gasteiger partial charge is 0.381 e. The molecule has 4 heteroatoms. The second-order valence-corrected chi connectivity index (χ2v) is 8.66. The third-order valence-electron chi connectivity index (χ3n) is 6.82. The number of rotatable bonds is 4. The van der Waals surface area contributed by atoms with Gasteiger partial charge in [-0.1, -0.05) is 36.8 Å². The number of nitrogens with zero attached hydrogens (tertiary/aromatic N) is 2. The van der Waals surface area contributed by atoms with Gasteiger partial charge in [-0.15, -0.1) is 0 Å². The fourth-order valence-corrected chi connectivity index (χ4v) is 5.27. The summed E-state index contributed by atoms with van der Waals surface area (Å²) in [5, 5.41) is 0. The van der Waals surface area contributed by atoms with E-state index in [-0.39, 0.29) is 0 Å². The van der Waals surface area contributed by atoms with Gasteiger partial charge in [0.15, 0.2) is 0 Å². The van der Waals surface area contributed by atoms with Gasteiger partial charge in [-0.3, -0.25) is 9.69 Å². The summed E-state index contributed by atoms with van der Waals surface area (Å²) >= 11 is 0. The van der Waals surface area contributed by atoms with Gasteiger partial charge >= 0.3 is 0 Å². The van der Waals surface area contributed by atoms with Gasteiger partial charge in [-0.25, -0.2) is 0 Å². The summed E-state index contributed by atoms with van der Waals surface area (Å²) in [5.41, 5.74) is 1.13. The fraction of sp³-hybridized carbons (Fsp3) is 0.696. The number of piperidine rings is 1. The fourth-order valence-electron chi connectivity index (χ4n) is 5.27. The van der Waals surface area contributed by atoms with E-state index >= 15 is 0 Å². The zero-order valence-electron chi connectivity index (χ0n) is 16.5. The molecule has 1 amide bonds. The molecule has 0 aromatic heterocycles. The number of likely N-dealkylation sites (tertiary alicyclic amines) is 2. The van der Waals surface area contributed by atoms with E-state index in [4.69, 9.17) is 4.74 Å². The molecule has 0 radical (unpaired) electrons. The van der Waals surface area contributed by atoms with Crippen LogP contribution in [0.3, 0.4) is 0 Å². The number of carbonyl (C=O) groups excluding carboxylic acids is 1. The SMILES string of the molecule is O=C(Cc1ccccc1)N1CC[C@@H]2[C@@H](CCCCN2CC2CCOCC2)C1. The summed E-state index contributed by atoms with van der Waals surface area (Å²) in [6.07, 6.45) is 8.04. The average Bonchev–Trinajstić information content (AvgIpc) is 2.91. The van der Waals surface area contributed by atoms with Crippen LogP contribution in [0.1, 0.15) is 44.1 Å². The van der Waals surface area contributed by atoms with Gasteiger partial charge in [0, 0.05) is 38.9 Å². The lowest BCUT2D eigenvalue weighted by Crippen LogP contribution is -2.53. The third kappa shape index (κ3) is 4.91. The van der Waals surface area contributed by atoms with Gasteiger partial charge in [0.25, 0.3) is 0 Å². The lowest BCUT2D eigenvalue weighted by atomic mass is 9.87. The minimum Gasteiger partial charge on any atom is -0.381 e. The molecule has 0 saturated carbocycles. The van der Waals surface area contributed by atoms with Crippen molar-refractivity contribution in [1.29, 1.82) is 0 Å². The van der Waals surface area contributed by atoms with Crippen molar-refractivity contribution in [2.24, 2.45) is 11.8 Å². The molecule has 1 aromatic rings. The standard InChI is InChI=1S/C23H34N2O2/c26-23(16-19-6-2-1-3-7-19)25-13-9-22-21(18-25)8-4-5-12-24(22)17-20-10-14-27-15-11-20/h1-3,6-7,20-22H,4-5,8-18H2/t21-,22+/m0/s1. The molecule has 4 rings (SSSR count).